The number of carbonyl (C=O) groups is 1. The Morgan fingerprint density at radius 2 is 2.11 bits per heavy atom. The Morgan fingerprint density at radius 3 is 2.86 bits per heavy atom. The molecule has 28 heavy (non-hydrogen) atoms. The number of nitro groups is 1. The minimum atomic E-state index is -0.589. The average molecular weight is 415 g/mol. The number of hydrogen-bond acceptors (Lipinski definition) is 5. The zero-order valence-electron chi connectivity index (χ0n) is 14.8. The predicted molar refractivity (Wildman–Crippen MR) is 110 cm³/mol. The zero-order valence-corrected chi connectivity index (χ0v) is 16.4. The highest BCUT2D eigenvalue weighted by Crippen LogP contribution is 2.33. The molecule has 0 saturated carbocycles. The van der Waals surface area contributed by atoms with Crippen LogP contribution in [0.4, 0.5) is 5.69 Å². The van der Waals surface area contributed by atoms with Crippen LogP contribution in [0.15, 0.2) is 47.5 Å². The van der Waals surface area contributed by atoms with E-state index in [1.165, 1.54) is 18.2 Å². The molecule has 0 aliphatic carbocycles. The van der Waals surface area contributed by atoms with Crippen molar-refractivity contribution in [3.05, 3.63) is 74.0 Å². The van der Waals surface area contributed by atoms with Gasteiger partial charge in [-0.15, -0.1) is 11.8 Å². The van der Waals surface area contributed by atoms with Crippen molar-refractivity contribution in [2.75, 3.05) is 12.3 Å². The first-order chi connectivity index (χ1) is 13.5. The first-order valence-corrected chi connectivity index (χ1v) is 9.84. The van der Waals surface area contributed by atoms with Gasteiger partial charge in [-0.3, -0.25) is 14.9 Å². The molecule has 1 fully saturated rings. The summed E-state index contributed by atoms with van der Waals surface area (Å²) >= 11 is 7.41. The maximum Gasteiger partial charge on any atom is 0.288 e. The number of rotatable bonds is 3. The number of carbonyl (C=O) groups excluding carboxylic acids is 1. The molecular formula is C19H15ClN4O3S. The highest BCUT2D eigenvalue weighted by molar-refractivity contribution is 8.03. The number of nitrogens with zero attached hydrogens (tertiary/aromatic N) is 4. The van der Waals surface area contributed by atoms with Crippen molar-refractivity contribution in [1.29, 1.82) is 0 Å². The van der Waals surface area contributed by atoms with E-state index in [0.717, 1.165) is 27.6 Å². The molecule has 2 heterocycles. The smallest absolute Gasteiger partial charge is 0.288 e. The second kappa shape index (κ2) is 7.29. The standard InChI is InChI=1S/C19H15ClN4O3S/c1-22-15-5-3-2-4-14(15)21-17(22)11-18-23(8-9-28-18)19(25)12-6-7-13(20)16(10-12)24(26)27/h2-7,10-11H,8-9H2,1H3/b18-11+. The lowest BCUT2D eigenvalue weighted by Crippen LogP contribution is -2.26. The molecule has 1 saturated heterocycles. The monoisotopic (exact) mass is 414 g/mol. The Morgan fingerprint density at radius 1 is 1.32 bits per heavy atom. The Labute approximate surface area is 169 Å². The number of amides is 1. The van der Waals surface area contributed by atoms with Crippen LogP contribution in [0.3, 0.4) is 0 Å². The number of fused-ring (bicyclic) bond motifs is 1. The van der Waals surface area contributed by atoms with E-state index in [4.69, 9.17) is 11.6 Å². The molecule has 0 unspecified atom stereocenters. The normalized spacial score (nSPS) is 15.5. The third kappa shape index (κ3) is 3.25. The lowest BCUT2D eigenvalue weighted by molar-refractivity contribution is -0.384. The summed E-state index contributed by atoms with van der Waals surface area (Å²) in [6, 6.07) is 11.9. The number of para-hydroxylation sites is 2. The number of benzene rings is 2. The molecule has 3 aromatic rings. The van der Waals surface area contributed by atoms with E-state index in [9.17, 15) is 14.9 Å². The Balaban J connectivity index is 1.69. The van der Waals surface area contributed by atoms with Crippen LogP contribution < -0.4 is 0 Å². The van der Waals surface area contributed by atoms with Gasteiger partial charge < -0.3 is 9.47 Å². The molecule has 0 N–H and O–H groups in total. The third-order valence-electron chi connectivity index (χ3n) is 4.54. The second-order valence-corrected chi connectivity index (χ2v) is 7.75. The van der Waals surface area contributed by atoms with Gasteiger partial charge in [0.05, 0.1) is 21.0 Å². The van der Waals surface area contributed by atoms with Crippen molar-refractivity contribution in [1.82, 2.24) is 14.5 Å². The number of aryl methyl sites for hydroxylation is 1. The number of aromatic nitrogens is 2. The van der Waals surface area contributed by atoms with Gasteiger partial charge in [-0.05, 0) is 24.3 Å². The van der Waals surface area contributed by atoms with E-state index in [1.807, 2.05) is 42.0 Å². The van der Waals surface area contributed by atoms with E-state index < -0.39 is 4.92 Å². The minimum absolute atomic E-state index is 0.00723. The Hall–Kier alpha value is -2.84. The molecule has 9 heteroatoms. The van der Waals surface area contributed by atoms with Crippen LogP contribution in [0.5, 0.6) is 0 Å². The quantitative estimate of drug-likeness (QED) is 0.471. The second-order valence-electron chi connectivity index (χ2n) is 6.23. The highest BCUT2D eigenvalue weighted by Gasteiger charge is 2.27. The molecule has 7 nitrogen and oxygen atoms in total. The van der Waals surface area contributed by atoms with Gasteiger partial charge in [-0.25, -0.2) is 4.98 Å². The van der Waals surface area contributed by atoms with Crippen molar-refractivity contribution >= 4 is 52.1 Å². The van der Waals surface area contributed by atoms with Gasteiger partial charge in [0, 0.05) is 37.1 Å². The first kappa shape index (κ1) is 18.5. The molecule has 1 aliphatic rings. The van der Waals surface area contributed by atoms with E-state index in [2.05, 4.69) is 4.98 Å². The largest absolute Gasteiger partial charge is 0.328 e. The molecule has 1 aliphatic heterocycles. The zero-order chi connectivity index (χ0) is 19.8. The number of imidazole rings is 1. The van der Waals surface area contributed by atoms with Crippen LogP contribution in [0.2, 0.25) is 5.02 Å². The van der Waals surface area contributed by atoms with E-state index >= 15 is 0 Å². The summed E-state index contributed by atoms with van der Waals surface area (Å²) < 4.78 is 1.97. The summed E-state index contributed by atoms with van der Waals surface area (Å²) in [5.41, 5.74) is 1.84. The predicted octanol–water partition coefficient (Wildman–Crippen LogP) is 4.32. The summed E-state index contributed by atoms with van der Waals surface area (Å²) in [5, 5.41) is 11.9. The van der Waals surface area contributed by atoms with Gasteiger partial charge >= 0.3 is 0 Å². The summed E-state index contributed by atoms with van der Waals surface area (Å²) in [7, 11) is 1.93. The lowest BCUT2D eigenvalue weighted by Gasteiger charge is -2.17. The van der Waals surface area contributed by atoms with Crippen LogP contribution >= 0.6 is 23.4 Å². The number of nitro benzene ring substituents is 1. The first-order valence-electron chi connectivity index (χ1n) is 8.47. The molecule has 1 amide bonds. The van der Waals surface area contributed by atoms with Gasteiger partial charge in [0.15, 0.2) is 0 Å². The van der Waals surface area contributed by atoms with Gasteiger partial charge in [-0.2, -0.15) is 0 Å². The molecule has 2 aromatic carbocycles. The van der Waals surface area contributed by atoms with Crippen molar-refractivity contribution in [3.63, 3.8) is 0 Å². The van der Waals surface area contributed by atoms with Crippen molar-refractivity contribution < 1.29 is 9.72 Å². The fraction of sp³-hybridized carbons (Fsp3) is 0.158. The molecule has 4 rings (SSSR count). The third-order valence-corrected chi connectivity index (χ3v) is 5.88. The topological polar surface area (TPSA) is 81.3 Å². The summed E-state index contributed by atoms with van der Waals surface area (Å²) in [6.45, 7) is 0.524. The van der Waals surface area contributed by atoms with Gasteiger partial charge in [0.1, 0.15) is 10.8 Å². The van der Waals surface area contributed by atoms with E-state index in [1.54, 1.807) is 16.7 Å². The average Bonchev–Trinajstić information content (AvgIpc) is 3.27. The molecule has 0 spiro atoms. The number of halogens is 1. The SMILES string of the molecule is Cn1c(/C=C2/SCCN2C(=O)c2ccc(Cl)c([N+](=O)[O-])c2)nc2ccccc21. The Kier molecular flexibility index (Phi) is 4.82. The fourth-order valence-corrected chi connectivity index (χ4v) is 4.28. The highest BCUT2D eigenvalue weighted by atomic mass is 35.5. The number of hydrogen-bond donors (Lipinski definition) is 0. The van der Waals surface area contributed by atoms with Crippen molar-refractivity contribution in [2.24, 2.45) is 7.05 Å². The van der Waals surface area contributed by atoms with Crippen molar-refractivity contribution in [2.45, 2.75) is 0 Å². The van der Waals surface area contributed by atoms with E-state index in [0.29, 0.717) is 6.54 Å². The Bertz CT molecular complexity index is 1140. The maximum atomic E-state index is 13.0. The van der Waals surface area contributed by atoms with Gasteiger partial charge in [-0.1, -0.05) is 23.7 Å². The maximum absolute atomic E-state index is 13.0. The molecule has 142 valence electrons. The molecule has 0 atom stereocenters. The molecular weight excluding hydrogens is 400 g/mol. The molecule has 1 aromatic heterocycles. The van der Waals surface area contributed by atoms with E-state index in [-0.39, 0.29) is 22.2 Å². The summed E-state index contributed by atoms with van der Waals surface area (Å²) in [6.07, 6.45) is 1.87. The molecule has 0 radical (unpaired) electrons. The van der Waals surface area contributed by atoms with Gasteiger partial charge in [0.25, 0.3) is 11.6 Å². The summed E-state index contributed by atoms with van der Waals surface area (Å²) in [4.78, 5) is 29.7. The van der Waals surface area contributed by atoms with Crippen LogP contribution in [0, 0.1) is 10.1 Å². The summed E-state index contributed by atoms with van der Waals surface area (Å²) in [5.74, 6) is 1.19. The van der Waals surface area contributed by atoms with Crippen LogP contribution in [0.1, 0.15) is 16.2 Å². The molecule has 0 bridgehead atoms. The number of thioether (sulfide) groups is 1. The van der Waals surface area contributed by atoms with Crippen molar-refractivity contribution in [3.8, 4) is 0 Å². The minimum Gasteiger partial charge on any atom is -0.328 e. The fourth-order valence-electron chi connectivity index (χ4n) is 3.10. The van der Waals surface area contributed by atoms with Crippen LogP contribution in [0.25, 0.3) is 17.1 Å². The lowest BCUT2D eigenvalue weighted by atomic mass is 10.1. The van der Waals surface area contributed by atoms with Crippen LogP contribution in [-0.4, -0.2) is 37.6 Å². The van der Waals surface area contributed by atoms with Gasteiger partial charge in [0.2, 0.25) is 0 Å². The van der Waals surface area contributed by atoms with Crippen LogP contribution in [-0.2, 0) is 7.05 Å².